The van der Waals surface area contributed by atoms with Crippen LogP contribution in [-0.2, 0) is 17.2 Å². The van der Waals surface area contributed by atoms with Crippen molar-refractivity contribution in [3.8, 4) is 28.5 Å². The van der Waals surface area contributed by atoms with Gasteiger partial charge in [0.1, 0.15) is 11.3 Å². The number of pyridine rings is 3. The highest BCUT2D eigenvalue weighted by Crippen LogP contribution is 2.37. The summed E-state index contributed by atoms with van der Waals surface area (Å²) >= 11 is 0. The molecule has 0 radical (unpaired) electrons. The number of anilines is 1. The number of aromatic nitrogens is 5. The Kier molecular flexibility index (Phi) is 7.20. The second kappa shape index (κ2) is 10.4. The Morgan fingerprint density at radius 2 is 1.59 bits per heavy atom. The lowest BCUT2D eigenvalue weighted by Gasteiger charge is -2.36. The third-order valence-electron chi connectivity index (χ3n) is 7.54. The van der Waals surface area contributed by atoms with Crippen LogP contribution in [0.3, 0.4) is 0 Å². The first kappa shape index (κ1) is 28.4. The number of fused-ring (bicyclic) bond motifs is 1. The molecular formula is C30H31F3N6OSi. The lowest BCUT2D eigenvalue weighted by atomic mass is 10.2. The summed E-state index contributed by atoms with van der Waals surface area (Å²) in [7, 11) is -1.92. The minimum Gasteiger partial charge on any atom is -0.413 e. The molecule has 212 valence electrons. The largest absolute Gasteiger partial charge is 0.417 e. The first-order valence-electron chi connectivity index (χ1n) is 13.1. The maximum Gasteiger partial charge on any atom is 0.417 e. The second-order valence-electron chi connectivity index (χ2n) is 11.4. The van der Waals surface area contributed by atoms with Crippen molar-refractivity contribution < 1.29 is 17.6 Å². The van der Waals surface area contributed by atoms with Crippen LogP contribution in [0.25, 0.3) is 39.6 Å². The predicted molar refractivity (Wildman–Crippen MR) is 157 cm³/mol. The lowest BCUT2D eigenvalue weighted by Crippen LogP contribution is -2.40. The van der Waals surface area contributed by atoms with E-state index in [1.807, 2.05) is 34.9 Å². The molecule has 0 aliphatic carbocycles. The summed E-state index contributed by atoms with van der Waals surface area (Å²) in [5.74, 6) is 0.856. The first-order valence-corrected chi connectivity index (χ1v) is 16.0. The molecule has 1 aromatic carbocycles. The Hall–Kier alpha value is -4.09. The fourth-order valence-corrected chi connectivity index (χ4v) is 5.03. The van der Waals surface area contributed by atoms with Gasteiger partial charge < -0.3 is 10.2 Å². The van der Waals surface area contributed by atoms with Crippen LogP contribution in [0.5, 0.6) is 0 Å². The van der Waals surface area contributed by atoms with Gasteiger partial charge in [0.2, 0.25) is 0 Å². The summed E-state index contributed by atoms with van der Waals surface area (Å²) in [5.41, 5.74) is 9.68. The third-order valence-corrected chi connectivity index (χ3v) is 12.0. The molecule has 5 aromatic rings. The molecule has 0 fully saturated rings. The first-order chi connectivity index (χ1) is 19.2. The van der Waals surface area contributed by atoms with Gasteiger partial charge in [0.05, 0.1) is 29.1 Å². The van der Waals surface area contributed by atoms with E-state index < -0.39 is 20.1 Å². The summed E-state index contributed by atoms with van der Waals surface area (Å²) in [6.07, 6.45) is -2.05. The fourth-order valence-electron chi connectivity index (χ4n) is 4.07. The molecule has 0 amide bonds. The van der Waals surface area contributed by atoms with Crippen molar-refractivity contribution in [2.24, 2.45) is 0 Å². The van der Waals surface area contributed by atoms with Crippen LogP contribution < -0.4 is 5.73 Å². The third kappa shape index (κ3) is 5.73. The van der Waals surface area contributed by atoms with E-state index in [0.717, 1.165) is 23.5 Å². The number of rotatable bonds is 6. The zero-order chi connectivity index (χ0) is 29.6. The number of imidazole rings is 1. The minimum atomic E-state index is -4.47. The topological polar surface area (TPSA) is 91.7 Å². The smallest absolute Gasteiger partial charge is 0.413 e. The van der Waals surface area contributed by atoms with Gasteiger partial charge in [0.15, 0.2) is 19.8 Å². The molecule has 11 heteroatoms. The van der Waals surface area contributed by atoms with Crippen molar-refractivity contribution in [3.05, 3.63) is 84.2 Å². The molecule has 4 aromatic heterocycles. The van der Waals surface area contributed by atoms with Crippen molar-refractivity contribution in [2.45, 2.75) is 51.7 Å². The maximum atomic E-state index is 13.1. The Balaban J connectivity index is 1.58. The predicted octanol–water partition coefficient (Wildman–Crippen LogP) is 7.67. The number of nitrogen functional groups attached to an aromatic ring is 1. The van der Waals surface area contributed by atoms with Gasteiger partial charge in [-0.2, -0.15) is 13.2 Å². The van der Waals surface area contributed by atoms with Gasteiger partial charge in [-0.1, -0.05) is 32.9 Å². The standard InChI is InChI=1S/C30H31F3N6OSi/c1-29(2,3)41(4,5)40-18-19-8-11-21(12-9-19)39-27(22-7-6-16-35-26(22)34)38-25-15-14-24(37-28(25)39)23-13-10-20(17-36-23)30(31,32)33/h6-17H,18H2,1-5H3,(H2,34,35). The molecule has 0 aliphatic heterocycles. The van der Waals surface area contributed by atoms with Gasteiger partial charge in [-0.05, 0) is 72.2 Å². The Labute approximate surface area is 237 Å². The number of nitrogens with two attached hydrogens (primary N) is 1. The molecule has 0 atom stereocenters. The van der Waals surface area contributed by atoms with Crippen molar-refractivity contribution in [1.29, 1.82) is 0 Å². The normalized spacial score (nSPS) is 12.7. The van der Waals surface area contributed by atoms with E-state index in [1.165, 1.54) is 6.07 Å². The molecule has 4 heterocycles. The summed E-state index contributed by atoms with van der Waals surface area (Å²) in [6, 6.07) is 17.3. The number of halogens is 3. The minimum absolute atomic E-state index is 0.104. The van der Waals surface area contributed by atoms with E-state index >= 15 is 0 Å². The SMILES string of the molecule is CC(C)(C)[Si](C)(C)OCc1ccc(-n2c(-c3cccnc3N)nc3ccc(-c4ccc(C(F)(F)F)cn4)nc32)cc1. The molecule has 5 rings (SSSR count). The number of alkyl halides is 3. The van der Waals surface area contributed by atoms with E-state index in [1.54, 1.807) is 24.4 Å². The van der Waals surface area contributed by atoms with Gasteiger partial charge in [0, 0.05) is 18.1 Å². The van der Waals surface area contributed by atoms with Gasteiger partial charge in [-0.15, -0.1) is 0 Å². The fraction of sp³-hybridized carbons (Fsp3) is 0.267. The molecule has 2 N–H and O–H groups in total. The van der Waals surface area contributed by atoms with E-state index in [4.69, 9.17) is 20.1 Å². The Morgan fingerprint density at radius 3 is 2.20 bits per heavy atom. The van der Waals surface area contributed by atoms with Gasteiger partial charge in [-0.3, -0.25) is 9.55 Å². The van der Waals surface area contributed by atoms with Crippen LogP contribution in [0.15, 0.2) is 73.1 Å². The van der Waals surface area contributed by atoms with E-state index in [-0.39, 0.29) is 5.04 Å². The van der Waals surface area contributed by atoms with Crippen LogP contribution in [0.2, 0.25) is 18.1 Å². The molecule has 0 saturated carbocycles. The average Bonchev–Trinajstić information content (AvgIpc) is 3.30. The quantitative estimate of drug-likeness (QED) is 0.209. The highest BCUT2D eigenvalue weighted by atomic mass is 28.4. The monoisotopic (exact) mass is 576 g/mol. The number of hydrogen-bond donors (Lipinski definition) is 1. The summed E-state index contributed by atoms with van der Waals surface area (Å²) in [4.78, 5) is 17.8. The van der Waals surface area contributed by atoms with Gasteiger partial charge in [0.25, 0.3) is 0 Å². The average molecular weight is 577 g/mol. The lowest BCUT2D eigenvalue weighted by molar-refractivity contribution is -0.137. The van der Waals surface area contributed by atoms with E-state index in [2.05, 4.69) is 43.8 Å². The number of hydrogen-bond acceptors (Lipinski definition) is 6. The highest BCUT2D eigenvalue weighted by molar-refractivity contribution is 6.74. The molecule has 0 unspecified atom stereocenters. The van der Waals surface area contributed by atoms with E-state index in [9.17, 15) is 13.2 Å². The summed E-state index contributed by atoms with van der Waals surface area (Å²) in [5, 5.41) is 0.104. The van der Waals surface area contributed by atoms with Gasteiger partial charge in [-0.25, -0.2) is 15.0 Å². The van der Waals surface area contributed by atoms with Crippen LogP contribution in [0.4, 0.5) is 19.0 Å². The van der Waals surface area contributed by atoms with Crippen LogP contribution in [-0.4, -0.2) is 32.8 Å². The molecule has 0 spiro atoms. The van der Waals surface area contributed by atoms with Crippen LogP contribution in [0, 0.1) is 0 Å². The molecule has 41 heavy (non-hydrogen) atoms. The molecule has 0 aliphatic rings. The van der Waals surface area contributed by atoms with Crippen molar-refractivity contribution >= 4 is 25.3 Å². The second-order valence-corrected chi connectivity index (χ2v) is 16.2. The van der Waals surface area contributed by atoms with Crippen molar-refractivity contribution in [3.63, 3.8) is 0 Å². The zero-order valence-corrected chi connectivity index (χ0v) is 24.5. The summed E-state index contributed by atoms with van der Waals surface area (Å²) < 4.78 is 47.5. The number of benzene rings is 1. The number of nitrogens with zero attached hydrogens (tertiary/aromatic N) is 5. The molecule has 0 saturated heterocycles. The Bertz CT molecular complexity index is 1690. The van der Waals surface area contributed by atoms with Gasteiger partial charge >= 0.3 is 6.18 Å². The van der Waals surface area contributed by atoms with Crippen molar-refractivity contribution in [2.75, 3.05) is 5.73 Å². The summed E-state index contributed by atoms with van der Waals surface area (Å²) in [6.45, 7) is 11.6. The molecule has 0 bridgehead atoms. The van der Waals surface area contributed by atoms with E-state index in [0.29, 0.717) is 46.4 Å². The van der Waals surface area contributed by atoms with Crippen LogP contribution in [0.1, 0.15) is 31.9 Å². The zero-order valence-electron chi connectivity index (χ0n) is 23.5. The van der Waals surface area contributed by atoms with Crippen molar-refractivity contribution in [1.82, 2.24) is 24.5 Å². The van der Waals surface area contributed by atoms with Crippen LogP contribution >= 0.6 is 0 Å². The Morgan fingerprint density at radius 1 is 0.878 bits per heavy atom. The molecule has 7 nitrogen and oxygen atoms in total. The molecular weight excluding hydrogens is 545 g/mol. The highest BCUT2D eigenvalue weighted by Gasteiger charge is 2.37. The maximum absolute atomic E-state index is 13.1.